The number of fused-ring (bicyclic) bond motifs is 3. The van der Waals surface area contributed by atoms with E-state index in [9.17, 15) is 14.4 Å². The first-order valence-electron chi connectivity index (χ1n) is 12.9. The van der Waals surface area contributed by atoms with Crippen LogP contribution in [0.2, 0.25) is 0 Å². The topological polar surface area (TPSA) is 116 Å². The first-order chi connectivity index (χ1) is 19.0. The standard InChI is InChI=1S/C29H29N5O4S/c1-2-24(27(36)31-18-20-11-8-16-38-20)39-29-33-22-13-7-6-12-21(22)26-32-23(28(37)34(26)29)14-15-25(35)30-17-19-9-4-3-5-10-19/h3-13,16,23-24H,2,14-15,17-18H2,1H3,(H,30,35)(H,31,36)/t23-,24+/m0/s1. The number of hydrogen-bond acceptors (Lipinski definition) is 7. The van der Waals surface area contributed by atoms with Gasteiger partial charge in [-0.1, -0.05) is 61.2 Å². The summed E-state index contributed by atoms with van der Waals surface area (Å²) < 4.78 is 5.30. The molecule has 39 heavy (non-hydrogen) atoms. The minimum absolute atomic E-state index is 0.139. The Morgan fingerprint density at radius 1 is 1.03 bits per heavy atom. The lowest BCUT2D eigenvalue weighted by Crippen LogP contribution is -2.43. The molecule has 2 aliphatic heterocycles. The van der Waals surface area contributed by atoms with Crippen LogP contribution in [0.4, 0.5) is 5.69 Å². The van der Waals surface area contributed by atoms with Crippen molar-refractivity contribution in [2.75, 3.05) is 0 Å². The summed E-state index contributed by atoms with van der Waals surface area (Å²) in [6.07, 6.45) is 2.54. The predicted molar refractivity (Wildman–Crippen MR) is 150 cm³/mol. The van der Waals surface area contributed by atoms with Gasteiger partial charge in [0.25, 0.3) is 5.91 Å². The molecule has 3 amide bonds. The molecule has 3 aromatic rings. The highest BCUT2D eigenvalue weighted by Gasteiger charge is 2.42. The van der Waals surface area contributed by atoms with Gasteiger partial charge in [0.2, 0.25) is 11.8 Å². The van der Waals surface area contributed by atoms with Crippen molar-refractivity contribution in [1.82, 2.24) is 15.5 Å². The number of nitrogens with one attached hydrogen (secondary N) is 2. The van der Waals surface area contributed by atoms with E-state index in [4.69, 9.17) is 14.4 Å². The SMILES string of the molecule is CC[C@@H](SC1=Nc2ccccc2C2=N[C@@H](CCC(=O)NCc3ccccc3)C(=O)N12)C(=O)NCc1ccco1. The van der Waals surface area contributed by atoms with Crippen molar-refractivity contribution in [2.24, 2.45) is 9.98 Å². The van der Waals surface area contributed by atoms with Crippen molar-refractivity contribution in [3.05, 3.63) is 89.9 Å². The molecular formula is C29H29N5O4S. The molecule has 3 heterocycles. The quantitative estimate of drug-likeness (QED) is 0.398. The lowest BCUT2D eigenvalue weighted by Gasteiger charge is -2.27. The fraction of sp³-hybridized carbons (Fsp3) is 0.276. The largest absolute Gasteiger partial charge is 0.467 e. The maximum Gasteiger partial charge on any atom is 0.259 e. The first-order valence-corrected chi connectivity index (χ1v) is 13.8. The van der Waals surface area contributed by atoms with Crippen molar-refractivity contribution >= 4 is 46.2 Å². The zero-order chi connectivity index (χ0) is 27.2. The van der Waals surface area contributed by atoms with E-state index in [1.165, 1.54) is 16.7 Å². The lowest BCUT2D eigenvalue weighted by molar-refractivity contribution is -0.125. The molecule has 0 saturated heterocycles. The number of nitrogens with zero attached hydrogens (tertiary/aromatic N) is 3. The fourth-order valence-corrected chi connectivity index (χ4v) is 5.42. The van der Waals surface area contributed by atoms with Crippen LogP contribution in [0, 0.1) is 0 Å². The molecule has 0 aliphatic carbocycles. The third-order valence-electron chi connectivity index (χ3n) is 6.45. The number of amidine groups is 2. The van der Waals surface area contributed by atoms with Crippen molar-refractivity contribution < 1.29 is 18.8 Å². The Morgan fingerprint density at radius 2 is 1.82 bits per heavy atom. The summed E-state index contributed by atoms with van der Waals surface area (Å²) in [4.78, 5) is 50.0. The summed E-state index contributed by atoms with van der Waals surface area (Å²) >= 11 is 1.24. The number of carbonyl (C=O) groups excluding carboxylic acids is 3. The van der Waals surface area contributed by atoms with Crippen LogP contribution in [-0.2, 0) is 27.5 Å². The average Bonchev–Trinajstić information content (AvgIpc) is 3.61. The zero-order valence-corrected chi connectivity index (χ0v) is 22.3. The second-order valence-corrected chi connectivity index (χ2v) is 10.3. The van der Waals surface area contributed by atoms with Gasteiger partial charge in [0.05, 0.1) is 23.7 Å². The van der Waals surface area contributed by atoms with Gasteiger partial charge in [-0.3, -0.25) is 19.4 Å². The Morgan fingerprint density at radius 3 is 2.59 bits per heavy atom. The Bertz CT molecular complexity index is 1400. The van der Waals surface area contributed by atoms with Crippen molar-refractivity contribution in [2.45, 2.75) is 50.6 Å². The number of rotatable bonds is 10. The third-order valence-corrected chi connectivity index (χ3v) is 7.77. The monoisotopic (exact) mass is 543 g/mol. The number of carbonyl (C=O) groups is 3. The smallest absolute Gasteiger partial charge is 0.259 e. The Labute approximate surface area is 230 Å². The first kappa shape index (κ1) is 26.4. The van der Waals surface area contributed by atoms with Crippen LogP contribution in [0.1, 0.15) is 43.1 Å². The number of thioether (sulfide) groups is 1. The summed E-state index contributed by atoms with van der Waals surface area (Å²) in [5.41, 5.74) is 2.45. The summed E-state index contributed by atoms with van der Waals surface area (Å²) in [6.45, 7) is 2.63. The Hall–Kier alpha value is -4.18. The van der Waals surface area contributed by atoms with E-state index < -0.39 is 11.3 Å². The van der Waals surface area contributed by atoms with Gasteiger partial charge in [0, 0.05) is 18.5 Å². The number of hydrogen-bond donors (Lipinski definition) is 2. The number of aliphatic imine (C=N–C) groups is 2. The van der Waals surface area contributed by atoms with Crippen LogP contribution in [0.3, 0.4) is 0 Å². The van der Waals surface area contributed by atoms with Crippen LogP contribution in [0.25, 0.3) is 0 Å². The highest BCUT2D eigenvalue weighted by molar-refractivity contribution is 8.15. The number of amides is 3. The van der Waals surface area contributed by atoms with Crippen molar-refractivity contribution in [3.63, 3.8) is 0 Å². The van der Waals surface area contributed by atoms with Gasteiger partial charge < -0.3 is 15.1 Å². The lowest BCUT2D eigenvalue weighted by atomic mass is 10.1. The summed E-state index contributed by atoms with van der Waals surface area (Å²) in [6, 6.07) is 20.0. The van der Waals surface area contributed by atoms with Crippen LogP contribution in [0.15, 0.2) is 87.4 Å². The molecule has 0 bridgehead atoms. The van der Waals surface area contributed by atoms with Crippen LogP contribution in [0.5, 0.6) is 0 Å². The van der Waals surface area contributed by atoms with Gasteiger partial charge in [-0.05, 0) is 42.7 Å². The zero-order valence-electron chi connectivity index (χ0n) is 21.5. The molecule has 0 spiro atoms. The van der Waals surface area contributed by atoms with Crippen molar-refractivity contribution in [1.29, 1.82) is 0 Å². The van der Waals surface area contributed by atoms with Gasteiger partial charge >= 0.3 is 0 Å². The minimum Gasteiger partial charge on any atom is -0.467 e. The van der Waals surface area contributed by atoms with E-state index in [0.29, 0.717) is 35.4 Å². The third kappa shape index (κ3) is 6.12. The summed E-state index contributed by atoms with van der Waals surface area (Å²) in [7, 11) is 0. The summed E-state index contributed by atoms with van der Waals surface area (Å²) in [5.74, 6) is 0.616. The molecule has 0 fully saturated rings. The maximum atomic E-state index is 13.5. The molecule has 9 nitrogen and oxygen atoms in total. The number of para-hydroxylation sites is 1. The van der Waals surface area contributed by atoms with Gasteiger partial charge in [0.1, 0.15) is 17.6 Å². The maximum absolute atomic E-state index is 13.5. The van der Waals surface area contributed by atoms with E-state index in [1.807, 2.05) is 61.5 Å². The molecule has 0 saturated carbocycles. The molecule has 2 aliphatic rings. The van der Waals surface area contributed by atoms with Gasteiger partial charge in [-0.25, -0.2) is 9.89 Å². The molecule has 5 rings (SSSR count). The summed E-state index contributed by atoms with van der Waals surface area (Å²) in [5, 5.41) is 5.74. The minimum atomic E-state index is -0.702. The van der Waals surface area contributed by atoms with E-state index >= 15 is 0 Å². The molecule has 0 unspecified atom stereocenters. The van der Waals surface area contributed by atoms with E-state index in [0.717, 1.165) is 11.1 Å². The van der Waals surface area contributed by atoms with Crippen LogP contribution >= 0.6 is 11.8 Å². The van der Waals surface area contributed by atoms with Gasteiger partial charge in [0.15, 0.2) is 5.17 Å². The molecule has 200 valence electrons. The van der Waals surface area contributed by atoms with Crippen molar-refractivity contribution in [3.8, 4) is 0 Å². The van der Waals surface area contributed by atoms with Gasteiger partial charge in [-0.15, -0.1) is 0 Å². The van der Waals surface area contributed by atoms with Crippen LogP contribution in [-0.4, -0.2) is 44.9 Å². The highest BCUT2D eigenvalue weighted by atomic mass is 32.2. The Balaban J connectivity index is 1.27. The highest BCUT2D eigenvalue weighted by Crippen LogP contribution is 2.35. The molecule has 2 atom stereocenters. The molecular weight excluding hydrogens is 514 g/mol. The fourth-order valence-electron chi connectivity index (χ4n) is 4.37. The second kappa shape index (κ2) is 12.1. The molecule has 0 radical (unpaired) electrons. The van der Waals surface area contributed by atoms with E-state index in [2.05, 4.69) is 10.6 Å². The number of furan rings is 1. The molecule has 1 aromatic heterocycles. The average molecular weight is 544 g/mol. The normalized spacial score (nSPS) is 16.6. The van der Waals surface area contributed by atoms with E-state index in [1.54, 1.807) is 18.4 Å². The second-order valence-electron chi connectivity index (χ2n) is 9.17. The number of benzene rings is 2. The Kier molecular flexibility index (Phi) is 8.21. The van der Waals surface area contributed by atoms with Gasteiger partial charge in [-0.2, -0.15) is 0 Å². The molecule has 2 aromatic carbocycles. The molecule has 10 heteroatoms. The molecule has 2 N–H and O–H groups in total. The predicted octanol–water partition coefficient (Wildman–Crippen LogP) is 4.16. The van der Waals surface area contributed by atoms with Crippen LogP contribution < -0.4 is 10.6 Å². The van der Waals surface area contributed by atoms with E-state index in [-0.39, 0.29) is 37.1 Å².